The molecule has 280 valence electrons. The summed E-state index contributed by atoms with van der Waals surface area (Å²) >= 11 is 0. The molecule has 3 aliphatic rings. The highest BCUT2D eigenvalue weighted by Crippen LogP contribution is 2.31. The summed E-state index contributed by atoms with van der Waals surface area (Å²) in [4.78, 5) is 25.4. The van der Waals surface area contributed by atoms with Crippen LogP contribution in [-0.4, -0.2) is 164 Å². The monoisotopic (exact) mass is 697 g/mol. The molecule has 1 saturated carbocycles. The van der Waals surface area contributed by atoms with Crippen molar-refractivity contribution in [1.29, 1.82) is 0 Å². The first kappa shape index (κ1) is 40.6. The van der Waals surface area contributed by atoms with E-state index in [2.05, 4.69) is 10.6 Å². The third-order valence-electron chi connectivity index (χ3n) is 8.44. The van der Waals surface area contributed by atoms with Crippen molar-refractivity contribution in [2.45, 2.75) is 151 Å². The number of carbonyl (C=O) groups excluding carboxylic acids is 2. The first-order valence-electron chi connectivity index (χ1n) is 16.1. The van der Waals surface area contributed by atoms with E-state index in [4.69, 9.17) is 40.9 Å². The Balaban J connectivity index is 1.69. The maximum atomic E-state index is 13.1. The lowest BCUT2D eigenvalue weighted by Gasteiger charge is -2.48. The van der Waals surface area contributed by atoms with Gasteiger partial charge in [-0.2, -0.15) is 0 Å². The molecule has 0 spiro atoms. The molecule has 0 aromatic heterocycles. The molecule has 2 saturated heterocycles. The first-order valence-corrected chi connectivity index (χ1v) is 16.1. The molecular formula is C29H55N5O14. The van der Waals surface area contributed by atoms with Crippen LogP contribution in [0.4, 0.5) is 4.79 Å². The summed E-state index contributed by atoms with van der Waals surface area (Å²) in [5.41, 5.74) is 17.5. The maximum absolute atomic E-state index is 13.1. The fourth-order valence-corrected chi connectivity index (χ4v) is 5.85. The van der Waals surface area contributed by atoms with Crippen molar-refractivity contribution in [3.8, 4) is 0 Å². The van der Waals surface area contributed by atoms with Crippen LogP contribution in [0.25, 0.3) is 0 Å². The third kappa shape index (κ3) is 10.1. The highest BCUT2D eigenvalue weighted by Gasteiger charge is 2.51. The number of amides is 2. The number of aliphatic hydroxyl groups excluding tert-OH is 7. The van der Waals surface area contributed by atoms with Crippen LogP contribution in [0.5, 0.6) is 0 Å². The predicted molar refractivity (Wildman–Crippen MR) is 164 cm³/mol. The normalized spacial score (nSPS) is 41.5. The lowest BCUT2D eigenvalue weighted by molar-refractivity contribution is -0.332. The zero-order valence-corrected chi connectivity index (χ0v) is 27.9. The van der Waals surface area contributed by atoms with Crippen molar-refractivity contribution in [3.63, 3.8) is 0 Å². The van der Waals surface area contributed by atoms with Crippen LogP contribution in [0.1, 0.15) is 47.5 Å². The lowest BCUT2D eigenvalue weighted by atomic mass is 9.84. The van der Waals surface area contributed by atoms with E-state index in [-0.39, 0.29) is 25.3 Å². The number of hydrogen-bond acceptors (Lipinski definition) is 17. The van der Waals surface area contributed by atoms with E-state index in [9.17, 15) is 45.3 Å². The van der Waals surface area contributed by atoms with Crippen molar-refractivity contribution in [2.24, 2.45) is 23.1 Å². The molecule has 15 N–H and O–H groups in total. The van der Waals surface area contributed by atoms with Gasteiger partial charge in [0.1, 0.15) is 72.7 Å². The van der Waals surface area contributed by atoms with Gasteiger partial charge in [-0.1, -0.05) is 13.8 Å². The fraction of sp³-hybridized carbons (Fsp3) is 0.931. The van der Waals surface area contributed by atoms with Gasteiger partial charge in [0.25, 0.3) is 0 Å². The van der Waals surface area contributed by atoms with Crippen molar-refractivity contribution in [3.05, 3.63) is 0 Å². The molecule has 19 nitrogen and oxygen atoms in total. The minimum Gasteiger partial charge on any atom is -0.444 e. The zero-order valence-electron chi connectivity index (χ0n) is 27.9. The molecule has 0 unspecified atom stereocenters. The molecule has 48 heavy (non-hydrogen) atoms. The Bertz CT molecular complexity index is 1050. The van der Waals surface area contributed by atoms with E-state index in [1.54, 1.807) is 20.8 Å². The van der Waals surface area contributed by atoms with Gasteiger partial charge in [0.2, 0.25) is 5.91 Å². The van der Waals surface area contributed by atoms with Crippen molar-refractivity contribution >= 4 is 12.0 Å². The number of carbonyl (C=O) groups is 2. The molecule has 0 aromatic rings. The summed E-state index contributed by atoms with van der Waals surface area (Å²) in [5, 5.41) is 78.5. The molecule has 19 heteroatoms. The van der Waals surface area contributed by atoms with Crippen LogP contribution in [-0.2, 0) is 28.5 Å². The molecule has 3 fully saturated rings. The number of ether oxygens (including phenoxy) is 5. The molecule has 2 heterocycles. The quantitative estimate of drug-likeness (QED) is 0.0960. The summed E-state index contributed by atoms with van der Waals surface area (Å²) in [7, 11) is 0. The van der Waals surface area contributed by atoms with Crippen LogP contribution >= 0.6 is 0 Å². The largest absolute Gasteiger partial charge is 0.444 e. The van der Waals surface area contributed by atoms with E-state index in [0.29, 0.717) is 0 Å². The number of alkyl carbamates (subject to hydrolysis) is 1. The number of rotatable bonds is 11. The standard InChI is InChI=1S/C29H55N5O14/c1-10(2)6-13(34-28(43)48-29(3,4)5)25(42)33-8-14-18(37)20(39)21(40)27(44-14)47-24-12(31)7-11(30)23(22(24)41)46-26-19(38)16(32)17(36)15(9-35)45-26/h10-24,26-27,35-41H,6-9,30-32H2,1-5H3,(H,33,42)(H,34,43)/t11-,12+,13+,14-,15-,16+,17-,18-,19-,20+,21-,22-,23+,24-,26-,27-/m1/s1. The van der Waals surface area contributed by atoms with E-state index in [0.717, 1.165) is 0 Å². The summed E-state index contributed by atoms with van der Waals surface area (Å²) in [6, 6.07) is -4.12. The topological polar surface area (TPSA) is 324 Å². The Morgan fingerprint density at radius 2 is 1.35 bits per heavy atom. The van der Waals surface area contributed by atoms with Gasteiger partial charge in [0, 0.05) is 18.6 Å². The van der Waals surface area contributed by atoms with Gasteiger partial charge < -0.3 is 87.3 Å². The second-order valence-corrected chi connectivity index (χ2v) is 14.1. The number of nitrogens with one attached hydrogen (secondary N) is 2. The summed E-state index contributed by atoms with van der Waals surface area (Å²) in [6.45, 7) is 7.72. The zero-order chi connectivity index (χ0) is 36.2. The van der Waals surface area contributed by atoms with Crippen LogP contribution in [0.15, 0.2) is 0 Å². The van der Waals surface area contributed by atoms with Crippen molar-refractivity contribution in [2.75, 3.05) is 13.2 Å². The molecule has 0 aromatic carbocycles. The van der Waals surface area contributed by atoms with E-state index in [1.165, 1.54) is 0 Å². The average Bonchev–Trinajstić information content (AvgIpc) is 2.98. The molecule has 3 rings (SSSR count). The van der Waals surface area contributed by atoms with Crippen LogP contribution in [0.3, 0.4) is 0 Å². The smallest absolute Gasteiger partial charge is 0.408 e. The number of nitrogens with two attached hydrogens (primary N) is 3. The predicted octanol–water partition coefficient (Wildman–Crippen LogP) is -5.19. The molecule has 16 atom stereocenters. The van der Waals surface area contributed by atoms with E-state index < -0.39 is 122 Å². The fourth-order valence-electron chi connectivity index (χ4n) is 5.85. The number of aliphatic hydroxyl groups is 7. The number of hydrogen-bond donors (Lipinski definition) is 12. The van der Waals surface area contributed by atoms with Gasteiger partial charge in [-0.25, -0.2) is 4.79 Å². The Hall–Kier alpha value is -1.82. The Labute approximate surface area is 279 Å². The average molecular weight is 698 g/mol. The molecule has 2 amide bonds. The van der Waals surface area contributed by atoms with Crippen molar-refractivity contribution < 1.29 is 69.0 Å². The molecule has 0 radical (unpaired) electrons. The van der Waals surface area contributed by atoms with Gasteiger partial charge in [0.15, 0.2) is 12.6 Å². The third-order valence-corrected chi connectivity index (χ3v) is 8.44. The van der Waals surface area contributed by atoms with Gasteiger partial charge >= 0.3 is 6.09 Å². The second-order valence-electron chi connectivity index (χ2n) is 14.1. The molecular weight excluding hydrogens is 642 g/mol. The Morgan fingerprint density at radius 3 is 1.88 bits per heavy atom. The van der Waals surface area contributed by atoms with Gasteiger partial charge in [0.05, 0.1) is 12.6 Å². The summed E-state index contributed by atoms with van der Waals surface area (Å²) < 4.78 is 28.1. The minimum atomic E-state index is -1.82. The summed E-state index contributed by atoms with van der Waals surface area (Å²) in [6.07, 6.45) is -18.8. The highest BCUT2D eigenvalue weighted by atomic mass is 16.7. The minimum absolute atomic E-state index is 0.00128. The summed E-state index contributed by atoms with van der Waals surface area (Å²) in [5.74, 6) is -0.619. The Morgan fingerprint density at radius 1 is 0.812 bits per heavy atom. The van der Waals surface area contributed by atoms with Crippen molar-refractivity contribution in [1.82, 2.24) is 10.6 Å². The van der Waals surface area contributed by atoms with Gasteiger partial charge in [-0.05, 0) is 39.5 Å². The van der Waals surface area contributed by atoms with Crippen LogP contribution < -0.4 is 27.8 Å². The maximum Gasteiger partial charge on any atom is 0.408 e. The van der Waals surface area contributed by atoms with E-state index >= 15 is 0 Å². The molecule has 2 aliphatic heterocycles. The molecule has 1 aliphatic carbocycles. The van der Waals surface area contributed by atoms with Gasteiger partial charge in [-0.15, -0.1) is 0 Å². The highest BCUT2D eigenvalue weighted by molar-refractivity contribution is 5.85. The first-order chi connectivity index (χ1) is 22.2. The second kappa shape index (κ2) is 16.9. The SMILES string of the molecule is CC(C)C[C@H](NC(=O)OC(C)(C)C)C(=O)NC[C@H]1O[C@H](O[C@H]2[C@H](O)[C@@H](O[C@H]3O[C@H](CO)[C@@H](O)[C@H](N)[C@H]3O)[C@H](N)C[C@@H]2N)[C@H](O)[C@@H](O)[C@@H]1O. The lowest BCUT2D eigenvalue weighted by Crippen LogP contribution is -2.68. The van der Waals surface area contributed by atoms with Gasteiger partial charge in [-0.3, -0.25) is 4.79 Å². The Kier molecular flexibility index (Phi) is 14.3. The molecule has 0 bridgehead atoms. The van der Waals surface area contributed by atoms with E-state index in [1.807, 2.05) is 13.8 Å². The van der Waals surface area contributed by atoms with Crippen LogP contribution in [0.2, 0.25) is 0 Å². The van der Waals surface area contributed by atoms with Crippen LogP contribution in [0, 0.1) is 5.92 Å².